The van der Waals surface area contributed by atoms with Gasteiger partial charge in [-0.05, 0) is 18.1 Å². The molecule has 1 N–H and O–H groups in total. The van der Waals surface area contributed by atoms with Crippen molar-refractivity contribution in [2.45, 2.75) is 19.3 Å². The van der Waals surface area contributed by atoms with Crippen LogP contribution in [0.3, 0.4) is 0 Å². The molecule has 0 aliphatic carbocycles. The van der Waals surface area contributed by atoms with E-state index in [9.17, 15) is 4.79 Å². The number of nitrogens with zero attached hydrogens (tertiary/aromatic N) is 2. The average Bonchev–Trinajstić information content (AvgIpc) is 2.59. The lowest BCUT2D eigenvalue weighted by Crippen LogP contribution is -2.02. The molecular weight excluding hydrogens is 192 g/mol. The van der Waals surface area contributed by atoms with E-state index in [0.29, 0.717) is 0 Å². The largest absolute Gasteiger partial charge is 0.481 e. The quantitative estimate of drug-likeness (QED) is 0.830. The highest BCUT2D eigenvalue weighted by Crippen LogP contribution is 2.23. The second kappa shape index (κ2) is 3.73. The van der Waals surface area contributed by atoms with Crippen molar-refractivity contribution in [3.63, 3.8) is 0 Å². The highest BCUT2D eigenvalue weighted by atomic mass is 16.4. The van der Waals surface area contributed by atoms with E-state index in [1.807, 2.05) is 31.3 Å². The first-order valence-electron chi connectivity index (χ1n) is 4.82. The van der Waals surface area contributed by atoms with Crippen molar-refractivity contribution in [2.24, 2.45) is 0 Å². The van der Waals surface area contributed by atoms with Crippen LogP contribution in [0, 0.1) is 0 Å². The summed E-state index contributed by atoms with van der Waals surface area (Å²) in [5.41, 5.74) is 1.96. The number of rotatable bonds is 3. The van der Waals surface area contributed by atoms with E-state index < -0.39 is 5.97 Å². The normalized spacial score (nSPS) is 12.9. The number of carboxylic acid groups (broad SMARTS) is 1. The van der Waals surface area contributed by atoms with Gasteiger partial charge in [-0.25, -0.2) is 4.52 Å². The van der Waals surface area contributed by atoms with Gasteiger partial charge in [0.05, 0.1) is 18.1 Å². The second-order valence-corrected chi connectivity index (χ2v) is 3.63. The van der Waals surface area contributed by atoms with Gasteiger partial charge >= 0.3 is 5.97 Å². The molecule has 2 rings (SSSR count). The molecule has 0 saturated carbocycles. The highest BCUT2D eigenvalue weighted by molar-refractivity contribution is 5.69. The van der Waals surface area contributed by atoms with Crippen LogP contribution in [0.4, 0.5) is 0 Å². The van der Waals surface area contributed by atoms with Crippen LogP contribution >= 0.6 is 0 Å². The van der Waals surface area contributed by atoms with E-state index in [2.05, 4.69) is 5.10 Å². The molecule has 0 aromatic carbocycles. The van der Waals surface area contributed by atoms with Gasteiger partial charge in [-0.3, -0.25) is 4.79 Å². The number of aromatic nitrogens is 2. The minimum atomic E-state index is -0.780. The molecule has 0 aliphatic rings. The molecule has 0 spiro atoms. The van der Waals surface area contributed by atoms with E-state index in [0.717, 1.165) is 11.1 Å². The van der Waals surface area contributed by atoms with Crippen LogP contribution in [0.1, 0.15) is 24.8 Å². The summed E-state index contributed by atoms with van der Waals surface area (Å²) in [5.74, 6) is -0.791. The molecular formula is C11H12N2O2. The first kappa shape index (κ1) is 9.71. The number of aliphatic carboxylic acids is 1. The van der Waals surface area contributed by atoms with Crippen molar-refractivity contribution in [3.8, 4) is 0 Å². The molecule has 0 bridgehead atoms. The molecule has 0 aliphatic heterocycles. The molecule has 4 heteroatoms. The summed E-state index contributed by atoms with van der Waals surface area (Å²) < 4.78 is 1.76. The van der Waals surface area contributed by atoms with Gasteiger partial charge in [-0.15, -0.1) is 0 Å². The van der Waals surface area contributed by atoms with Crippen molar-refractivity contribution in [1.82, 2.24) is 9.61 Å². The minimum absolute atomic E-state index is 0.0117. The van der Waals surface area contributed by atoms with E-state index in [1.54, 1.807) is 10.7 Å². The fourth-order valence-electron chi connectivity index (χ4n) is 1.71. The zero-order valence-electron chi connectivity index (χ0n) is 8.42. The molecule has 78 valence electrons. The Balaban J connectivity index is 2.39. The molecule has 0 saturated heterocycles. The fraction of sp³-hybridized carbons (Fsp3) is 0.273. The van der Waals surface area contributed by atoms with Gasteiger partial charge in [-0.2, -0.15) is 5.10 Å². The van der Waals surface area contributed by atoms with E-state index in [1.165, 1.54) is 0 Å². The minimum Gasteiger partial charge on any atom is -0.481 e. The summed E-state index contributed by atoms with van der Waals surface area (Å²) >= 11 is 0. The van der Waals surface area contributed by atoms with Crippen molar-refractivity contribution in [1.29, 1.82) is 0 Å². The number of hydrogen-bond acceptors (Lipinski definition) is 2. The molecule has 0 radical (unpaired) electrons. The van der Waals surface area contributed by atoms with Crippen LogP contribution in [-0.2, 0) is 4.79 Å². The van der Waals surface area contributed by atoms with Crippen LogP contribution < -0.4 is 0 Å². The van der Waals surface area contributed by atoms with Crippen LogP contribution in [0.15, 0.2) is 30.6 Å². The standard InChI is InChI=1S/C11H12N2O2/c1-8(6-11(14)15)9-7-12-13-5-3-2-4-10(9)13/h2-5,7-8H,6H2,1H3,(H,14,15). The Morgan fingerprint density at radius 3 is 3.13 bits per heavy atom. The van der Waals surface area contributed by atoms with Crippen LogP contribution in [-0.4, -0.2) is 20.7 Å². The first-order valence-corrected chi connectivity index (χ1v) is 4.82. The third-order valence-electron chi connectivity index (χ3n) is 2.47. The Morgan fingerprint density at radius 1 is 1.60 bits per heavy atom. The number of pyridine rings is 1. The monoisotopic (exact) mass is 204 g/mol. The van der Waals surface area contributed by atoms with Gasteiger partial charge < -0.3 is 5.11 Å². The summed E-state index contributed by atoms with van der Waals surface area (Å²) in [4.78, 5) is 10.6. The van der Waals surface area contributed by atoms with Gasteiger partial charge in [0.2, 0.25) is 0 Å². The summed E-state index contributed by atoms with van der Waals surface area (Å²) in [6, 6.07) is 5.76. The predicted molar refractivity (Wildman–Crippen MR) is 55.9 cm³/mol. The first-order chi connectivity index (χ1) is 7.18. The zero-order valence-corrected chi connectivity index (χ0v) is 8.42. The fourth-order valence-corrected chi connectivity index (χ4v) is 1.71. The number of fused-ring (bicyclic) bond motifs is 1. The maximum absolute atomic E-state index is 10.6. The zero-order chi connectivity index (χ0) is 10.8. The second-order valence-electron chi connectivity index (χ2n) is 3.63. The topological polar surface area (TPSA) is 54.6 Å². The van der Waals surface area contributed by atoms with Crippen LogP contribution in [0.2, 0.25) is 0 Å². The molecule has 0 amide bonds. The summed E-state index contributed by atoms with van der Waals surface area (Å²) in [7, 11) is 0. The van der Waals surface area contributed by atoms with Gasteiger partial charge in [0.1, 0.15) is 0 Å². The number of carbonyl (C=O) groups is 1. The Bertz CT molecular complexity index is 490. The van der Waals surface area contributed by atoms with Crippen LogP contribution in [0.5, 0.6) is 0 Å². The van der Waals surface area contributed by atoms with E-state index in [4.69, 9.17) is 5.11 Å². The van der Waals surface area contributed by atoms with Gasteiger partial charge in [0, 0.05) is 11.8 Å². The lowest BCUT2D eigenvalue weighted by molar-refractivity contribution is -0.137. The predicted octanol–water partition coefficient (Wildman–Crippen LogP) is 1.91. The maximum Gasteiger partial charge on any atom is 0.303 e. The molecule has 2 heterocycles. The molecule has 2 aromatic heterocycles. The molecule has 15 heavy (non-hydrogen) atoms. The van der Waals surface area contributed by atoms with Crippen molar-refractivity contribution < 1.29 is 9.90 Å². The highest BCUT2D eigenvalue weighted by Gasteiger charge is 2.14. The summed E-state index contributed by atoms with van der Waals surface area (Å²) in [6.45, 7) is 1.90. The van der Waals surface area contributed by atoms with Crippen molar-refractivity contribution in [2.75, 3.05) is 0 Å². The van der Waals surface area contributed by atoms with Gasteiger partial charge in [-0.1, -0.05) is 13.0 Å². The molecule has 1 unspecified atom stereocenters. The molecule has 1 atom stereocenters. The third-order valence-corrected chi connectivity index (χ3v) is 2.47. The number of carboxylic acids is 1. The van der Waals surface area contributed by atoms with Crippen LogP contribution in [0.25, 0.3) is 5.52 Å². The van der Waals surface area contributed by atoms with Crippen molar-refractivity contribution in [3.05, 3.63) is 36.2 Å². The van der Waals surface area contributed by atoms with E-state index >= 15 is 0 Å². The lowest BCUT2D eigenvalue weighted by Gasteiger charge is -2.06. The summed E-state index contributed by atoms with van der Waals surface area (Å²) in [6.07, 6.45) is 3.73. The lowest BCUT2D eigenvalue weighted by atomic mass is 9.99. The van der Waals surface area contributed by atoms with Gasteiger partial charge in [0.25, 0.3) is 0 Å². The summed E-state index contributed by atoms with van der Waals surface area (Å²) in [5, 5.41) is 12.9. The SMILES string of the molecule is CC(CC(=O)O)c1cnn2ccccc12. The van der Waals surface area contributed by atoms with E-state index in [-0.39, 0.29) is 12.3 Å². The average molecular weight is 204 g/mol. The number of hydrogen-bond donors (Lipinski definition) is 1. The Labute approximate surface area is 87.2 Å². The van der Waals surface area contributed by atoms with Gasteiger partial charge in [0.15, 0.2) is 0 Å². The third kappa shape index (κ3) is 1.83. The Morgan fingerprint density at radius 2 is 2.40 bits per heavy atom. The smallest absolute Gasteiger partial charge is 0.303 e. The Hall–Kier alpha value is -1.84. The molecule has 2 aromatic rings. The molecule has 4 nitrogen and oxygen atoms in total. The molecule has 0 fully saturated rings. The van der Waals surface area contributed by atoms with Crippen molar-refractivity contribution >= 4 is 11.5 Å². The maximum atomic E-state index is 10.6. The Kier molecular flexibility index (Phi) is 2.41.